The second-order valence-electron chi connectivity index (χ2n) is 7.71. The summed E-state index contributed by atoms with van der Waals surface area (Å²) in [5.41, 5.74) is 2.51. The fraction of sp³-hybridized carbons (Fsp3) is 0.292. The van der Waals surface area contributed by atoms with Crippen LogP contribution in [0.3, 0.4) is 0 Å². The van der Waals surface area contributed by atoms with Crippen molar-refractivity contribution >= 4 is 17.9 Å². The van der Waals surface area contributed by atoms with Gasteiger partial charge < -0.3 is 15.4 Å². The molecule has 7 heteroatoms. The molecule has 0 unspecified atom stereocenters. The zero-order chi connectivity index (χ0) is 22.5. The van der Waals surface area contributed by atoms with E-state index >= 15 is 0 Å². The van der Waals surface area contributed by atoms with Gasteiger partial charge in [-0.1, -0.05) is 18.2 Å². The van der Waals surface area contributed by atoms with E-state index in [-0.39, 0.29) is 23.6 Å². The maximum Gasteiger partial charge on any atom is 0.250 e. The molecule has 0 spiro atoms. The first-order chi connectivity index (χ1) is 14.8. The molecule has 1 aliphatic heterocycles. The number of rotatable bonds is 7. The fourth-order valence-corrected chi connectivity index (χ4v) is 4.16. The van der Waals surface area contributed by atoms with E-state index in [0.717, 1.165) is 35.6 Å². The summed E-state index contributed by atoms with van der Waals surface area (Å²) in [5.74, 6) is -3.09. The molecule has 1 aliphatic rings. The third-order valence-corrected chi connectivity index (χ3v) is 5.69. The highest BCUT2D eigenvalue weighted by Crippen LogP contribution is 2.36. The molecule has 0 aromatic heterocycles. The number of hydrogen-bond acceptors (Lipinski definition) is 4. The summed E-state index contributed by atoms with van der Waals surface area (Å²) in [6.07, 6.45) is 3.32. The number of nitrogens with zero attached hydrogens (tertiary/aromatic N) is 1. The van der Waals surface area contributed by atoms with Crippen LogP contribution in [-0.4, -0.2) is 40.5 Å². The van der Waals surface area contributed by atoms with Crippen LogP contribution in [0.1, 0.15) is 41.9 Å². The van der Waals surface area contributed by atoms with E-state index < -0.39 is 17.4 Å². The van der Waals surface area contributed by atoms with Crippen LogP contribution in [0.15, 0.2) is 54.3 Å². The summed E-state index contributed by atoms with van der Waals surface area (Å²) in [7, 11) is 0. The number of allylic oxidation sites excluding steroid dienone is 1. The SMILES string of the molecule is Cc1cc(F)ccc1[C@H](C[C@H]1CCCN1C(=O)/C=C(\O)C(=O)C=N)c1ccc(F)cc1. The number of nitrogens with one attached hydrogen (secondary N) is 1. The first kappa shape index (κ1) is 22.3. The molecule has 0 aliphatic carbocycles. The van der Waals surface area contributed by atoms with Crippen LogP contribution in [-0.2, 0) is 9.59 Å². The van der Waals surface area contributed by atoms with Crippen molar-refractivity contribution in [3.63, 3.8) is 0 Å². The lowest BCUT2D eigenvalue weighted by Crippen LogP contribution is -2.36. The molecule has 3 rings (SSSR count). The monoisotopic (exact) mass is 426 g/mol. The number of likely N-dealkylation sites (tertiary alicyclic amines) is 1. The van der Waals surface area contributed by atoms with Crippen molar-refractivity contribution < 1.29 is 23.5 Å². The summed E-state index contributed by atoms with van der Waals surface area (Å²) in [5, 5.41) is 16.6. The zero-order valence-electron chi connectivity index (χ0n) is 17.1. The molecule has 162 valence electrons. The van der Waals surface area contributed by atoms with Crippen molar-refractivity contribution in [2.24, 2.45) is 0 Å². The Kier molecular flexibility index (Phi) is 6.95. The summed E-state index contributed by atoms with van der Waals surface area (Å²) in [6.45, 7) is 2.29. The molecule has 1 amide bonds. The molecule has 2 atom stereocenters. The van der Waals surface area contributed by atoms with E-state index in [0.29, 0.717) is 19.2 Å². The van der Waals surface area contributed by atoms with E-state index in [1.807, 2.05) is 6.92 Å². The Morgan fingerprint density at radius 3 is 2.52 bits per heavy atom. The molecule has 1 heterocycles. The second-order valence-corrected chi connectivity index (χ2v) is 7.71. The van der Waals surface area contributed by atoms with Gasteiger partial charge in [-0.15, -0.1) is 0 Å². The minimum Gasteiger partial charge on any atom is -0.504 e. The molecule has 5 nitrogen and oxygen atoms in total. The Balaban J connectivity index is 1.91. The molecule has 2 N–H and O–H groups in total. The van der Waals surface area contributed by atoms with Gasteiger partial charge in [0, 0.05) is 24.6 Å². The summed E-state index contributed by atoms with van der Waals surface area (Å²) in [4.78, 5) is 25.7. The minimum atomic E-state index is -0.935. The van der Waals surface area contributed by atoms with Crippen LogP contribution >= 0.6 is 0 Å². The number of amides is 1. The molecule has 1 saturated heterocycles. The van der Waals surface area contributed by atoms with Gasteiger partial charge in [0.25, 0.3) is 5.91 Å². The predicted octanol–water partition coefficient (Wildman–Crippen LogP) is 4.45. The number of carbonyl (C=O) groups is 2. The first-order valence-electron chi connectivity index (χ1n) is 10.1. The van der Waals surface area contributed by atoms with E-state index in [2.05, 4.69) is 0 Å². The number of carbonyl (C=O) groups excluding carboxylic acids is 2. The van der Waals surface area contributed by atoms with Gasteiger partial charge in [0.1, 0.15) is 11.6 Å². The number of hydrogen-bond donors (Lipinski definition) is 2. The molecule has 1 fully saturated rings. The van der Waals surface area contributed by atoms with Crippen LogP contribution in [0.5, 0.6) is 0 Å². The third kappa shape index (κ3) is 5.23. The van der Waals surface area contributed by atoms with E-state index in [1.54, 1.807) is 23.1 Å². The lowest BCUT2D eigenvalue weighted by atomic mass is 9.83. The largest absolute Gasteiger partial charge is 0.504 e. The van der Waals surface area contributed by atoms with Crippen molar-refractivity contribution in [3.8, 4) is 0 Å². The van der Waals surface area contributed by atoms with Crippen molar-refractivity contribution in [1.29, 1.82) is 5.41 Å². The summed E-state index contributed by atoms with van der Waals surface area (Å²) in [6, 6.07) is 10.5. The van der Waals surface area contributed by atoms with Gasteiger partial charge in [0.05, 0.1) is 6.21 Å². The van der Waals surface area contributed by atoms with E-state index in [1.165, 1.54) is 24.3 Å². The number of Topliss-reactive ketones (excluding diaryl/α,β-unsaturated/α-hetero) is 1. The van der Waals surface area contributed by atoms with Gasteiger partial charge in [0.15, 0.2) is 5.76 Å². The lowest BCUT2D eigenvalue weighted by molar-refractivity contribution is -0.127. The van der Waals surface area contributed by atoms with E-state index in [4.69, 9.17) is 5.41 Å². The van der Waals surface area contributed by atoms with Gasteiger partial charge in [-0.3, -0.25) is 9.59 Å². The zero-order valence-corrected chi connectivity index (χ0v) is 17.1. The standard InChI is InChI=1S/C24H24F2N2O3/c1-15-11-18(26)8-9-20(15)21(16-4-6-17(25)7-5-16)12-19-3-2-10-28(19)24(31)13-22(29)23(30)14-27/h4-9,11,13-14,19,21,27,29H,2-3,10,12H2,1H3/b22-13-,27-14?/t19-,21-/m1/s1. The summed E-state index contributed by atoms with van der Waals surface area (Å²) < 4.78 is 27.2. The van der Waals surface area contributed by atoms with Crippen molar-refractivity contribution in [2.45, 2.75) is 38.1 Å². The Hall–Kier alpha value is -3.35. The van der Waals surface area contributed by atoms with Crippen molar-refractivity contribution in [1.82, 2.24) is 4.90 Å². The Morgan fingerprint density at radius 2 is 1.87 bits per heavy atom. The highest BCUT2D eigenvalue weighted by atomic mass is 19.1. The van der Waals surface area contributed by atoms with Gasteiger partial charge in [-0.25, -0.2) is 8.78 Å². The first-order valence-corrected chi connectivity index (χ1v) is 10.1. The fourth-order valence-electron chi connectivity index (χ4n) is 4.16. The maximum atomic E-state index is 13.7. The molecular formula is C24H24F2N2O3. The number of halogens is 2. The smallest absolute Gasteiger partial charge is 0.250 e. The van der Waals surface area contributed by atoms with Gasteiger partial charge in [0.2, 0.25) is 5.78 Å². The molecule has 2 aromatic carbocycles. The Morgan fingerprint density at radius 1 is 1.19 bits per heavy atom. The van der Waals surface area contributed by atoms with Crippen molar-refractivity contribution in [3.05, 3.63) is 82.6 Å². The van der Waals surface area contributed by atoms with Crippen LogP contribution in [0.4, 0.5) is 8.78 Å². The lowest BCUT2D eigenvalue weighted by Gasteiger charge is -2.29. The number of benzene rings is 2. The third-order valence-electron chi connectivity index (χ3n) is 5.69. The number of aliphatic hydroxyl groups excluding tert-OH is 1. The predicted molar refractivity (Wildman–Crippen MR) is 113 cm³/mol. The normalized spacial score (nSPS) is 17.5. The molecule has 0 radical (unpaired) electrons. The average molecular weight is 426 g/mol. The number of aryl methyl sites for hydroxylation is 1. The van der Waals surface area contributed by atoms with Gasteiger partial charge in [-0.05, 0) is 67.1 Å². The number of ketones is 1. The highest BCUT2D eigenvalue weighted by Gasteiger charge is 2.32. The second kappa shape index (κ2) is 9.64. The molecule has 0 saturated carbocycles. The molecule has 0 bridgehead atoms. The van der Waals surface area contributed by atoms with Crippen LogP contribution < -0.4 is 0 Å². The maximum absolute atomic E-state index is 13.7. The average Bonchev–Trinajstić information content (AvgIpc) is 3.21. The Bertz CT molecular complexity index is 1020. The van der Waals surface area contributed by atoms with Gasteiger partial charge >= 0.3 is 0 Å². The van der Waals surface area contributed by atoms with Crippen LogP contribution in [0, 0.1) is 24.0 Å². The minimum absolute atomic E-state index is 0.175. The quantitative estimate of drug-likeness (QED) is 0.390. The molecule has 31 heavy (non-hydrogen) atoms. The topological polar surface area (TPSA) is 81.5 Å². The molecule has 2 aromatic rings. The summed E-state index contributed by atoms with van der Waals surface area (Å²) >= 11 is 0. The Labute approximate surface area is 179 Å². The van der Waals surface area contributed by atoms with E-state index in [9.17, 15) is 23.5 Å². The van der Waals surface area contributed by atoms with Gasteiger partial charge in [-0.2, -0.15) is 0 Å². The highest BCUT2D eigenvalue weighted by molar-refractivity contribution is 6.33. The van der Waals surface area contributed by atoms with Crippen LogP contribution in [0.25, 0.3) is 0 Å². The van der Waals surface area contributed by atoms with Crippen molar-refractivity contribution in [2.75, 3.05) is 6.54 Å². The molecular weight excluding hydrogens is 402 g/mol. The number of aliphatic hydroxyl groups is 1. The van der Waals surface area contributed by atoms with Crippen LogP contribution in [0.2, 0.25) is 0 Å².